The number of para-hydroxylation sites is 2. The van der Waals surface area contributed by atoms with Crippen molar-refractivity contribution in [3.63, 3.8) is 0 Å². The molecule has 0 unspecified atom stereocenters. The van der Waals surface area contributed by atoms with Gasteiger partial charge in [0, 0.05) is 18.0 Å². The Bertz CT molecular complexity index is 989. The van der Waals surface area contributed by atoms with Crippen LogP contribution in [0.25, 0.3) is 11.0 Å². The standard InChI is InChI=1S/C19H17N3O3S2/c23-18(22-7-5-16-13(10-22)6-8-26-16)11-25-19(24)12-27-17-9-20-14-3-1-2-4-15(14)21-17/h1-4,6,8-9H,5,7,10-12H2. The van der Waals surface area contributed by atoms with Crippen LogP contribution in [0.5, 0.6) is 0 Å². The van der Waals surface area contributed by atoms with Crippen LogP contribution in [0.4, 0.5) is 0 Å². The van der Waals surface area contributed by atoms with Crippen molar-refractivity contribution >= 4 is 46.0 Å². The van der Waals surface area contributed by atoms with Crippen molar-refractivity contribution in [1.29, 1.82) is 0 Å². The lowest BCUT2D eigenvalue weighted by atomic mass is 10.1. The van der Waals surface area contributed by atoms with E-state index in [4.69, 9.17) is 4.74 Å². The second-order valence-corrected chi connectivity index (χ2v) is 8.08. The van der Waals surface area contributed by atoms with Gasteiger partial charge in [-0.15, -0.1) is 11.3 Å². The highest BCUT2D eigenvalue weighted by Gasteiger charge is 2.22. The summed E-state index contributed by atoms with van der Waals surface area (Å²) < 4.78 is 5.14. The minimum atomic E-state index is -0.434. The molecular formula is C19H17N3O3S2. The maximum absolute atomic E-state index is 12.3. The quantitative estimate of drug-likeness (QED) is 0.485. The van der Waals surface area contributed by atoms with Gasteiger partial charge in [-0.25, -0.2) is 4.98 Å². The minimum Gasteiger partial charge on any atom is -0.455 e. The molecule has 1 aliphatic heterocycles. The fourth-order valence-corrected chi connectivity index (χ4v) is 4.41. The number of fused-ring (bicyclic) bond motifs is 2. The summed E-state index contributed by atoms with van der Waals surface area (Å²) in [5, 5.41) is 2.70. The van der Waals surface area contributed by atoms with E-state index in [9.17, 15) is 9.59 Å². The number of benzene rings is 1. The summed E-state index contributed by atoms with van der Waals surface area (Å²) in [6.45, 7) is 1.05. The first-order chi connectivity index (χ1) is 13.2. The molecule has 1 aliphatic rings. The SMILES string of the molecule is O=C(CSc1cnc2ccccc2n1)OCC(=O)N1CCc2sccc2C1. The van der Waals surface area contributed by atoms with Crippen molar-refractivity contribution in [2.24, 2.45) is 0 Å². The Kier molecular flexibility index (Phi) is 5.35. The molecular weight excluding hydrogens is 382 g/mol. The highest BCUT2D eigenvalue weighted by Crippen LogP contribution is 2.24. The summed E-state index contributed by atoms with van der Waals surface area (Å²) in [5.41, 5.74) is 2.78. The molecule has 0 aliphatic carbocycles. The van der Waals surface area contributed by atoms with Crippen LogP contribution in [-0.4, -0.2) is 45.6 Å². The zero-order chi connectivity index (χ0) is 18.6. The van der Waals surface area contributed by atoms with E-state index in [1.807, 2.05) is 35.7 Å². The molecule has 8 heteroatoms. The summed E-state index contributed by atoms with van der Waals surface area (Å²) in [4.78, 5) is 36.1. The minimum absolute atomic E-state index is 0.0922. The average Bonchev–Trinajstić information content (AvgIpc) is 3.18. The molecule has 0 bridgehead atoms. The van der Waals surface area contributed by atoms with Crippen molar-refractivity contribution in [3.05, 3.63) is 52.3 Å². The number of ether oxygens (including phenoxy) is 1. The first kappa shape index (κ1) is 17.9. The molecule has 6 nitrogen and oxygen atoms in total. The number of thiophene rings is 1. The Balaban J connectivity index is 1.25. The first-order valence-electron chi connectivity index (χ1n) is 8.52. The molecule has 2 aromatic heterocycles. The van der Waals surface area contributed by atoms with Gasteiger partial charge < -0.3 is 9.64 Å². The molecule has 138 valence electrons. The number of carbonyl (C=O) groups is 2. The van der Waals surface area contributed by atoms with Gasteiger partial charge in [0.05, 0.1) is 23.0 Å². The molecule has 4 rings (SSSR count). The van der Waals surface area contributed by atoms with Gasteiger partial charge in [-0.05, 0) is 35.6 Å². The van der Waals surface area contributed by atoms with Gasteiger partial charge >= 0.3 is 5.97 Å². The summed E-state index contributed by atoms with van der Waals surface area (Å²) in [7, 11) is 0. The predicted molar refractivity (Wildman–Crippen MR) is 105 cm³/mol. The Labute approximate surface area is 164 Å². The van der Waals surface area contributed by atoms with Crippen LogP contribution in [0.2, 0.25) is 0 Å². The van der Waals surface area contributed by atoms with Gasteiger partial charge in [0.25, 0.3) is 5.91 Å². The lowest BCUT2D eigenvalue weighted by molar-refractivity contribution is -0.150. The summed E-state index contributed by atoms with van der Waals surface area (Å²) in [6, 6.07) is 9.61. The van der Waals surface area contributed by atoms with Crippen LogP contribution < -0.4 is 0 Å². The van der Waals surface area contributed by atoms with Crippen molar-refractivity contribution in [2.45, 2.75) is 18.0 Å². The zero-order valence-corrected chi connectivity index (χ0v) is 16.1. The topological polar surface area (TPSA) is 72.4 Å². The van der Waals surface area contributed by atoms with E-state index in [1.54, 1.807) is 22.4 Å². The molecule has 1 aromatic carbocycles. The monoisotopic (exact) mass is 399 g/mol. The number of thioether (sulfide) groups is 1. The number of rotatable bonds is 5. The predicted octanol–water partition coefficient (Wildman–Crippen LogP) is 2.91. The van der Waals surface area contributed by atoms with E-state index in [0.29, 0.717) is 18.1 Å². The Hall–Kier alpha value is -2.45. The Morgan fingerprint density at radius 3 is 2.96 bits per heavy atom. The number of carbonyl (C=O) groups excluding carboxylic acids is 2. The summed E-state index contributed by atoms with van der Waals surface area (Å²) in [6.07, 6.45) is 2.50. The largest absolute Gasteiger partial charge is 0.455 e. The molecule has 0 spiro atoms. The Morgan fingerprint density at radius 2 is 2.07 bits per heavy atom. The number of esters is 1. The summed E-state index contributed by atoms with van der Waals surface area (Å²) in [5.74, 6) is -0.498. The average molecular weight is 399 g/mol. The number of hydrogen-bond donors (Lipinski definition) is 0. The molecule has 3 aromatic rings. The summed E-state index contributed by atoms with van der Waals surface area (Å²) >= 11 is 2.98. The van der Waals surface area contributed by atoms with Crippen molar-refractivity contribution in [1.82, 2.24) is 14.9 Å². The highest BCUT2D eigenvalue weighted by atomic mass is 32.2. The fourth-order valence-electron chi connectivity index (χ4n) is 2.88. The molecule has 27 heavy (non-hydrogen) atoms. The molecule has 0 saturated carbocycles. The molecule has 0 fully saturated rings. The number of nitrogens with zero attached hydrogens (tertiary/aromatic N) is 3. The lowest BCUT2D eigenvalue weighted by Crippen LogP contribution is -2.38. The van der Waals surface area contributed by atoms with Gasteiger partial charge in [0.15, 0.2) is 6.61 Å². The molecule has 0 radical (unpaired) electrons. The molecule has 3 heterocycles. The third-order valence-electron chi connectivity index (χ3n) is 4.28. The third-order valence-corrected chi connectivity index (χ3v) is 6.18. The van der Waals surface area contributed by atoms with Crippen molar-refractivity contribution < 1.29 is 14.3 Å². The van der Waals surface area contributed by atoms with Gasteiger partial charge in [-0.1, -0.05) is 23.9 Å². The normalized spacial score (nSPS) is 13.4. The highest BCUT2D eigenvalue weighted by molar-refractivity contribution is 7.99. The van der Waals surface area contributed by atoms with Crippen LogP contribution in [0.15, 0.2) is 46.9 Å². The lowest BCUT2D eigenvalue weighted by Gasteiger charge is -2.26. The van der Waals surface area contributed by atoms with Gasteiger partial charge in [0.1, 0.15) is 5.03 Å². The Morgan fingerprint density at radius 1 is 1.22 bits per heavy atom. The van der Waals surface area contributed by atoms with Crippen LogP contribution in [0.3, 0.4) is 0 Å². The maximum Gasteiger partial charge on any atom is 0.316 e. The second-order valence-electron chi connectivity index (χ2n) is 6.08. The maximum atomic E-state index is 12.3. The fraction of sp³-hybridized carbons (Fsp3) is 0.263. The van der Waals surface area contributed by atoms with E-state index in [-0.39, 0.29) is 18.3 Å². The van der Waals surface area contributed by atoms with Gasteiger partial charge in [-0.2, -0.15) is 0 Å². The smallest absolute Gasteiger partial charge is 0.316 e. The molecule has 0 saturated heterocycles. The van der Waals surface area contributed by atoms with Gasteiger partial charge in [0.2, 0.25) is 0 Å². The van der Waals surface area contributed by atoms with E-state index in [1.165, 1.54) is 22.2 Å². The van der Waals surface area contributed by atoms with Gasteiger partial charge in [-0.3, -0.25) is 14.6 Å². The van der Waals surface area contributed by atoms with Crippen LogP contribution in [0, 0.1) is 0 Å². The molecule has 1 amide bonds. The van der Waals surface area contributed by atoms with E-state index in [2.05, 4.69) is 9.97 Å². The third kappa shape index (κ3) is 4.28. The number of aromatic nitrogens is 2. The van der Waals surface area contributed by atoms with Crippen LogP contribution in [-0.2, 0) is 27.3 Å². The van der Waals surface area contributed by atoms with E-state index >= 15 is 0 Å². The van der Waals surface area contributed by atoms with Crippen molar-refractivity contribution in [2.75, 3.05) is 18.9 Å². The van der Waals surface area contributed by atoms with Crippen LogP contribution >= 0.6 is 23.1 Å². The first-order valence-corrected chi connectivity index (χ1v) is 10.4. The molecule has 0 N–H and O–H groups in total. The van der Waals surface area contributed by atoms with Crippen LogP contribution in [0.1, 0.15) is 10.4 Å². The number of amides is 1. The zero-order valence-electron chi connectivity index (χ0n) is 14.5. The molecule has 0 atom stereocenters. The van der Waals surface area contributed by atoms with E-state index < -0.39 is 5.97 Å². The second kappa shape index (κ2) is 8.06. The van der Waals surface area contributed by atoms with E-state index in [0.717, 1.165) is 17.5 Å². The van der Waals surface area contributed by atoms with Crippen molar-refractivity contribution in [3.8, 4) is 0 Å². The number of hydrogen-bond acceptors (Lipinski definition) is 7.